The Labute approximate surface area is 179 Å². The van der Waals surface area contributed by atoms with Gasteiger partial charge in [-0.25, -0.2) is 0 Å². The number of nitrogens with one attached hydrogen (secondary N) is 2. The monoisotopic (exact) mass is 474 g/mol. The van der Waals surface area contributed by atoms with Crippen molar-refractivity contribution >= 4 is 11.7 Å². The summed E-state index contributed by atoms with van der Waals surface area (Å²) in [5, 5.41) is 6.04. The van der Waals surface area contributed by atoms with Crippen LogP contribution in [-0.4, -0.2) is 67.0 Å². The molecule has 0 aromatic rings. The number of hydrogen-bond acceptors (Lipinski definition) is 6. The van der Waals surface area contributed by atoms with Crippen molar-refractivity contribution in [2.75, 3.05) is 13.2 Å². The van der Waals surface area contributed by atoms with E-state index in [2.05, 4.69) is 20.1 Å². The van der Waals surface area contributed by atoms with Crippen molar-refractivity contribution in [3.8, 4) is 0 Å². The minimum Gasteiger partial charge on any atom is -0.368 e. The first-order valence-corrected chi connectivity index (χ1v) is 10.4. The van der Waals surface area contributed by atoms with Gasteiger partial charge in [0.15, 0.2) is 0 Å². The van der Waals surface area contributed by atoms with Crippen molar-refractivity contribution in [3.63, 3.8) is 0 Å². The minimum atomic E-state index is -4.69. The maximum atomic E-state index is 12.1. The van der Waals surface area contributed by atoms with Gasteiger partial charge < -0.3 is 15.4 Å². The molecule has 182 valence electrons. The molecular formula is C19H24F6N2O5. The molecule has 5 aliphatic rings. The smallest absolute Gasteiger partial charge is 0.368 e. The summed E-state index contributed by atoms with van der Waals surface area (Å²) in [6, 6.07) is 0. The Bertz CT molecular complexity index is 726. The van der Waals surface area contributed by atoms with Gasteiger partial charge in [-0.3, -0.25) is 19.1 Å². The van der Waals surface area contributed by atoms with Crippen molar-refractivity contribution in [1.82, 2.24) is 10.6 Å². The lowest BCUT2D eigenvalue weighted by molar-refractivity contribution is -0.357. The van der Waals surface area contributed by atoms with Crippen LogP contribution in [0.1, 0.15) is 44.9 Å². The predicted molar refractivity (Wildman–Crippen MR) is 94.0 cm³/mol. The number of ether oxygens (including phenoxy) is 3. The van der Waals surface area contributed by atoms with Crippen molar-refractivity contribution in [1.29, 1.82) is 0 Å². The number of halogens is 6. The van der Waals surface area contributed by atoms with Crippen LogP contribution in [0.15, 0.2) is 0 Å². The molecule has 5 rings (SSSR count). The molecule has 32 heavy (non-hydrogen) atoms. The van der Waals surface area contributed by atoms with E-state index >= 15 is 0 Å². The van der Waals surface area contributed by atoms with Gasteiger partial charge in [0.2, 0.25) is 5.91 Å². The maximum Gasteiger partial charge on any atom is 0.522 e. The maximum absolute atomic E-state index is 12.1. The molecule has 5 fully saturated rings. The highest BCUT2D eigenvalue weighted by Gasteiger charge is 2.68. The fourth-order valence-electron chi connectivity index (χ4n) is 5.10. The van der Waals surface area contributed by atoms with Gasteiger partial charge in [-0.05, 0) is 32.1 Å². The van der Waals surface area contributed by atoms with E-state index in [0.717, 1.165) is 0 Å². The molecule has 1 amide bonds. The highest BCUT2D eigenvalue weighted by Crippen LogP contribution is 2.60. The van der Waals surface area contributed by atoms with Crippen molar-refractivity contribution in [2.24, 2.45) is 5.92 Å². The van der Waals surface area contributed by atoms with E-state index in [1.807, 2.05) is 0 Å². The fourth-order valence-corrected chi connectivity index (χ4v) is 5.10. The van der Waals surface area contributed by atoms with Gasteiger partial charge in [-0.15, -0.1) is 26.3 Å². The summed E-state index contributed by atoms with van der Waals surface area (Å²) in [4.78, 5) is 24.2. The topological polar surface area (TPSA) is 85.9 Å². The zero-order chi connectivity index (χ0) is 23.4. The summed E-state index contributed by atoms with van der Waals surface area (Å²) < 4.78 is 85.6. The Kier molecular flexibility index (Phi) is 6.00. The third-order valence-corrected chi connectivity index (χ3v) is 6.72. The largest absolute Gasteiger partial charge is 0.522 e. The number of Topliss-reactive ketones (excluding diaryl/α,β-unsaturated/α-hetero) is 1. The lowest BCUT2D eigenvalue weighted by Gasteiger charge is -2.70. The van der Waals surface area contributed by atoms with Crippen LogP contribution in [-0.2, 0) is 23.8 Å². The van der Waals surface area contributed by atoms with Crippen molar-refractivity contribution in [2.45, 2.75) is 87.1 Å². The molecule has 7 nitrogen and oxygen atoms in total. The van der Waals surface area contributed by atoms with E-state index in [1.165, 1.54) is 0 Å². The van der Waals surface area contributed by atoms with Crippen LogP contribution in [0.4, 0.5) is 26.3 Å². The number of amides is 1. The van der Waals surface area contributed by atoms with Gasteiger partial charge in [0.05, 0.1) is 24.9 Å². The van der Waals surface area contributed by atoms with E-state index in [1.54, 1.807) is 0 Å². The zero-order valence-corrected chi connectivity index (χ0v) is 17.0. The molecule has 0 unspecified atom stereocenters. The molecule has 0 spiro atoms. The molecule has 2 N–H and O–H groups in total. The van der Waals surface area contributed by atoms with Gasteiger partial charge in [0.25, 0.3) is 0 Å². The predicted octanol–water partition coefficient (Wildman–Crippen LogP) is 2.34. The van der Waals surface area contributed by atoms with Gasteiger partial charge in [0, 0.05) is 29.8 Å². The van der Waals surface area contributed by atoms with Gasteiger partial charge in [0.1, 0.15) is 12.4 Å². The highest BCUT2D eigenvalue weighted by molar-refractivity contribution is 5.84. The second-order valence-electron chi connectivity index (χ2n) is 9.40. The van der Waals surface area contributed by atoms with E-state index in [-0.39, 0.29) is 61.6 Å². The molecule has 0 radical (unpaired) electrons. The molecule has 0 saturated heterocycles. The third kappa shape index (κ3) is 5.54. The SMILES string of the molecule is O=C(CO[C@H]1C[C@@H](OC(F)(F)F)C1)NC12CC(NCC(=O)C3CC(OC(F)(F)F)C3)(C1)C2. The van der Waals surface area contributed by atoms with Crippen LogP contribution in [0.3, 0.4) is 0 Å². The number of rotatable bonds is 10. The van der Waals surface area contributed by atoms with Crippen LogP contribution in [0.25, 0.3) is 0 Å². The summed E-state index contributed by atoms with van der Waals surface area (Å²) in [5.41, 5.74) is -0.605. The van der Waals surface area contributed by atoms with E-state index < -0.39 is 37.0 Å². The average molecular weight is 474 g/mol. The van der Waals surface area contributed by atoms with Gasteiger partial charge in [-0.2, -0.15) is 0 Å². The zero-order valence-electron chi connectivity index (χ0n) is 17.0. The first-order chi connectivity index (χ1) is 14.7. The second-order valence-corrected chi connectivity index (χ2v) is 9.40. The molecule has 0 aromatic carbocycles. The molecule has 0 atom stereocenters. The van der Waals surface area contributed by atoms with Crippen LogP contribution in [0.2, 0.25) is 0 Å². The molecule has 0 aliphatic heterocycles. The number of ketones is 1. The Morgan fingerprint density at radius 3 is 1.88 bits per heavy atom. The standard InChI is InChI=1S/C19H24F6N2O5/c20-18(21,22)31-12-1-10(2-12)14(28)5-26-16-7-17(8-16,9-16)27-15(29)6-30-11-3-13(4-11)32-19(23,24)25/h10-13,26H,1-9H2,(H,27,29)/t10?,11-,12?,13+,16?,17?. The van der Waals surface area contributed by atoms with E-state index in [9.17, 15) is 35.9 Å². The normalized spacial score (nSPS) is 38.1. The number of carbonyl (C=O) groups is 2. The van der Waals surface area contributed by atoms with E-state index in [4.69, 9.17) is 4.74 Å². The average Bonchev–Trinajstić information content (AvgIpc) is 2.51. The minimum absolute atomic E-state index is 0.0666. The van der Waals surface area contributed by atoms with Crippen LogP contribution < -0.4 is 10.6 Å². The lowest BCUT2D eigenvalue weighted by Crippen LogP contribution is -2.83. The van der Waals surface area contributed by atoms with Crippen LogP contribution in [0.5, 0.6) is 0 Å². The summed E-state index contributed by atoms with van der Waals surface area (Å²) in [6.45, 7) is -0.174. The molecular weight excluding hydrogens is 450 g/mol. The summed E-state index contributed by atoms with van der Waals surface area (Å²) >= 11 is 0. The number of alkyl halides is 6. The fraction of sp³-hybridized carbons (Fsp3) is 0.895. The molecule has 0 aromatic heterocycles. The molecule has 5 saturated carbocycles. The molecule has 0 heterocycles. The molecule has 13 heteroatoms. The molecule has 5 aliphatic carbocycles. The Morgan fingerprint density at radius 2 is 1.34 bits per heavy atom. The molecule has 2 bridgehead atoms. The van der Waals surface area contributed by atoms with Gasteiger partial charge >= 0.3 is 12.7 Å². The van der Waals surface area contributed by atoms with Crippen molar-refractivity contribution < 1.29 is 50.1 Å². The number of hydrogen-bond donors (Lipinski definition) is 2. The quantitative estimate of drug-likeness (QED) is 0.473. The van der Waals surface area contributed by atoms with Crippen molar-refractivity contribution in [3.05, 3.63) is 0 Å². The third-order valence-electron chi connectivity index (χ3n) is 6.72. The van der Waals surface area contributed by atoms with E-state index in [0.29, 0.717) is 19.3 Å². The lowest BCUT2D eigenvalue weighted by atomic mass is 9.44. The first-order valence-electron chi connectivity index (χ1n) is 10.4. The summed E-state index contributed by atoms with van der Waals surface area (Å²) in [7, 11) is 0. The highest BCUT2D eigenvalue weighted by atomic mass is 19.4. The summed E-state index contributed by atoms with van der Waals surface area (Å²) in [6.07, 6.45) is -9.48. The second kappa shape index (κ2) is 8.10. The number of carbonyl (C=O) groups excluding carboxylic acids is 2. The van der Waals surface area contributed by atoms with Crippen LogP contribution >= 0.6 is 0 Å². The Balaban J connectivity index is 1.05. The first kappa shape index (κ1) is 23.7. The van der Waals surface area contributed by atoms with Crippen LogP contribution in [0, 0.1) is 5.92 Å². The Morgan fingerprint density at radius 1 is 0.812 bits per heavy atom. The van der Waals surface area contributed by atoms with Gasteiger partial charge in [-0.1, -0.05) is 0 Å². The Hall–Kier alpha value is -1.44. The summed E-state index contributed by atoms with van der Waals surface area (Å²) in [5.74, 6) is -0.920.